The monoisotopic (exact) mass is 222 g/mol. The third kappa shape index (κ3) is 8.19. The van der Waals surface area contributed by atoms with E-state index >= 15 is 0 Å². The molecular formula is C9H18O4S. The lowest BCUT2D eigenvalue weighted by molar-refractivity contribution is -0.140. The highest BCUT2D eigenvalue weighted by Gasteiger charge is 2.03. The van der Waals surface area contributed by atoms with Crippen LogP contribution in [0.2, 0.25) is 0 Å². The molecule has 0 aliphatic rings. The number of hydrogen-bond acceptors (Lipinski definition) is 4. The summed E-state index contributed by atoms with van der Waals surface area (Å²) in [6.45, 7) is 0.642. The number of hydrogen-bond donors (Lipinski definition) is 0. The fourth-order valence-electron chi connectivity index (χ4n) is 0.946. The first-order chi connectivity index (χ1) is 6.70. The van der Waals surface area contributed by atoms with Gasteiger partial charge >= 0.3 is 5.97 Å². The summed E-state index contributed by atoms with van der Waals surface area (Å²) in [7, 11) is 2.16. The molecule has 0 aromatic heterocycles. The minimum atomic E-state index is -0.828. The molecule has 0 fully saturated rings. The molecule has 0 bridgehead atoms. The van der Waals surface area contributed by atoms with Gasteiger partial charge < -0.3 is 9.47 Å². The molecule has 0 amide bonds. The van der Waals surface area contributed by atoms with E-state index in [0.717, 1.165) is 6.42 Å². The van der Waals surface area contributed by atoms with E-state index in [9.17, 15) is 9.00 Å². The molecule has 0 saturated carbocycles. The van der Waals surface area contributed by atoms with Crippen LogP contribution in [0.5, 0.6) is 0 Å². The summed E-state index contributed by atoms with van der Waals surface area (Å²) in [5.41, 5.74) is 0. The van der Waals surface area contributed by atoms with E-state index in [0.29, 0.717) is 31.0 Å². The Morgan fingerprint density at radius 3 is 2.43 bits per heavy atom. The molecule has 0 aromatic carbocycles. The molecule has 0 aromatic rings. The lowest BCUT2D eigenvalue weighted by Crippen LogP contribution is -2.08. The van der Waals surface area contributed by atoms with E-state index in [2.05, 4.69) is 4.74 Å². The summed E-state index contributed by atoms with van der Waals surface area (Å²) in [6.07, 6.45) is 1.79. The predicted molar refractivity (Wildman–Crippen MR) is 55.6 cm³/mol. The molecule has 0 N–H and O–H groups in total. The van der Waals surface area contributed by atoms with Gasteiger partial charge in [0.25, 0.3) is 0 Å². The first kappa shape index (κ1) is 13.6. The molecule has 0 aliphatic heterocycles. The molecule has 1 atom stereocenters. The summed E-state index contributed by atoms with van der Waals surface area (Å²) in [5.74, 6) is 0.979. The van der Waals surface area contributed by atoms with E-state index in [1.165, 1.54) is 7.11 Å². The molecule has 1 unspecified atom stereocenters. The average Bonchev–Trinajstić information content (AvgIpc) is 2.18. The summed E-state index contributed by atoms with van der Waals surface area (Å²) in [6, 6.07) is 0. The molecule has 4 nitrogen and oxygen atoms in total. The Balaban J connectivity index is 3.31. The summed E-state index contributed by atoms with van der Waals surface area (Å²) in [4.78, 5) is 10.7. The van der Waals surface area contributed by atoms with Crippen LogP contribution in [0.25, 0.3) is 0 Å². The smallest absolute Gasteiger partial charge is 0.305 e. The molecule has 0 rings (SSSR count). The highest BCUT2D eigenvalue weighted by atomic mass is 32.2. The zero-order valence-electron chi connectivity index (χ0n) is 8.78. The Morgan fingerprint density at radius 2 is 1.86 bits per heavy atom. The molecule has 0 heterocycles. The van der Waals surface area contributed by atoms with Gasteiger partial charge in [-0.1, -0.05) is 0 Å². The van der Waals surface area contributed by atoms with Crippen LogP contribution in [0.15, 0.2) is 0 Å². The van der Waals surface area contributed by atoms with Crippen LogP contribution in [0.4, 0.5) is 0 Å². The third-order valence-corrected chi connectivity index (χ3v) is 3.19. The number of esters is 1. The molecule has 0 aliphatic carbocycles. The van der Waals surface area contributed by atoms with Crippen LogP contribution < -0.4 is 0 Å². The largest absolute Gasteiger partial charge is 0.469 e. The predicted octanol–water partition coefficient (Wildman–Crippen LogP) is 0.725. The fraction of sp³-hybridized carbons (Fsp3) is 0.889. The van der Waals surface area contributed by atoms with E-state index in [1.807, 2.05) is 0 Å². The van der Waals surface area contributed by atoms with Crippen LogP contribution in [0.1, 0.15) is 19.3 Å². The molecular weight excluding hydrogens is 204 g/mol. The lowest BCUT2D eigenvalue weighted by atomic mass is 10.3. The second-order valence-corrected chi connectivity index (χ2v) is 4.57. The summed E-state index contributed by atoms with van der Waals surface area (Å²) in [5, 5.41) is 0. The number of carbonyl (C=O) groups is 1. The van der Waals surface area contributed by atoms with Crippen molar-refractivity contribution in [1.29, 1.82) is 0 Å². The van der Waals surface area contributed by atoms with Crippen molar-refractivity contribution in [2.75, 3.05) is 32.3 Å². The first-order valence-electron chi connectivity index (χ1n) is 4.61. The normalized spacial score (nSPS) is 12.4. The van der Waals surface area contributed by atoms with Crippen molar-refractivity contribution in [3.63, 3.8) is 0 Å². The van der Waals surface area contributed by atoms with Gasteiger partial charge in [-0.3, -0.25) is 9.00 Å². The number of carbonyl (C=O) groups excluding carboxylic acids is 1. The molecule has 0 spiro atoms. The van der Waals surface area contributed by atoms with Gasteiger partial charge in [0.05, 0.1) is 7.11 Å². The van der Waals surface area contributed by atoms with E-state index in [-0.39, 0.29) is 5.97 Å². The van der Waals surface area contributed by atoms with Gasteiger partial charge in [-0.25, -0.2) is 0 Å². The van der Waals surface area contributed by atoms with Crippen molar-refractivity contribution in [3.05, 3.63) is 0 Å². The van der Waals surface area contributed by atoms with E-state index < -0.39 is 10.8 Å². The van der Waals surface area contributed by atoms with Crippen LogP contribution in [0, 0.1) is 0 Å². The number of rotatable bonds is 8. The lowest BCUT2D eigenvalue weighted by Gasteiger charge is -2.01. The second kappa shape index (κ2) is 9.15. The van der Waals surface area contributed by atoms with Crippen LogP contribution >= 0.6 is 0 Å². The van der Waals surface area contributed by atoms with Gasteiger partial charge in [-0.15, -0.1) is 0 Å². The summed E-state index contributed by atoms with van der Waals surface area (Å²) >= 11 is 0. The summed E-state index contributed by atoms with van der Waals surface area (Å²) < 4.78 is 20.6. The van der Waals surface area contributed by atoms with Gasteiger partial charge in [0, 0.05) is 42.4 Å². The highest BCUT2D eigenvalue weighted by Crippen LogP contribution is 1.97. The molecule has 84 valence electrons. The van der Waals surface area contributed by atoms with Gasteiger partial charge in [-0.2, -0.15) is 0 Å². The minimum absolute atomic E-state index is 0.237. The molecule has 14 heavy (non-hydrogen) atoms. The quantitative estimate of drug-likeness (QED) is 0.448. The third-order valence-electron chi connectivity index (χ3n) is 1.70. The van der Waals surface area contributed by atoms with Crippen LogP contribution in [-0.4, -0.2) is 42.5 Å². The van der Waals surface area contributed by atoms with Crippen molar-refractivity contribution in [1.82, 2.24) is 0 Å². The maximum absolute atomic E-state index is 11.3. The zero-order chi connectivity index (χ0) is 10.8. The van der Waals surface area contributed by atoms with Gasteiger partial charge in [0.15, 0.2) is 0 Å². The van der Waals surface area contributed by atoms with Crippen molar-refractivity contribution in [3.8, 4) is 0 Å². The van der Waals surface area contributed by atoms with Crippen LogP contribution in [-0.2, 0) is 25.1 Å². The Hall–Kier alpha value is -0.420. The number of ether oxygens (including phenoxy) is 2. The maximum Gasteiger partial charge on any atom is 0.305 e. The van der Waals surface area contributed by atoms with Gasteiger partial charge in [-0.05, 0) is 12.8 Å². The standard InChI is InChI=1S/C9H18O4S/c1-12-6-4-8-14(11)7-3-5-9(10)13-2/h3-8H2,1-2H3. The Morgan fingerprint density at radius 1 is 1.21 bits per heavy atom. The minimum Gasteiger partial charge on any atom is -0.469 e. The Kier molecular flexibility index (Phi) is 8.87. The van der Waals surface area contributed by atoms with Crippen molar-refractivity contribution in [2.45, 2.75) is 19.3 Å². The zero-order valence-corrected chi connectivity index (χ0v) is 9.60. The topological polar surface area (TPSA) is 52.6 Å². The van der Waals surface area contributed by atoms with Crippen LogP contribution in [0.3, 0.4) is 0 Å². The first-order valence-corrected chi connectivity index (χ1v) is 6.10. The van der Waals surface area contributed by atoms with Crippen molar-refractivity contribution < 1.29 is 18.5 Å². The fourth-order valence-corrected chi connectivity index (χ4v) is 2.06. The highest BCUT2D eigenvalue weighted by molar-refractivity contribution is 7.84. The number of methoxy groups -OCH3 is 2. The van der Waals surface area contributed by atoms with Gasteiger partial charge in [0.2, 0.25) is 0 Å². The maximum atomic E-state index is 11.3. The molecule has 0 saturated heterocycles. The van der Waals surface area contributed by atoms with Gasteiger partial charge in [0.1, 0.15) is 0 Å². The molecule has 5 heteroatoms. The second-order valence-electron chi connectivity index (χ2n) is 2.87. The Labute approximate surface area is 87.4 Å². The van der Waals surface area contributed by atoms with E-state index in [1.54, 1.807) is 7.11 Å². The Bertz CT molecular complexity index is 182. The molecule has 0 radical (unpaired) electrons. The van der Waals surface area contributed by atoms with Crippen molar-refractivity contribution in [2.24, 2.45) is 0 Å². The SMILES string of the molecule is COCCCS(=O)CCCC(=O)OC. The van der Waals surface area contributed by atoms with E-state index in [4.69, 9.17) is 4.74 Å². The van der Waals surface area contributed by atoms with Crippen molar-refractivity contribution >= 4 is 16.8 Å². The average molecular weight is 222 g/mol.